The number of hydrogen-bond acceptors (Lipinski definition) is 7. The highest BCUT2D eigenvalue weighted by atomic mass is 32.2. The number of halogens is 3. The van der Waals surface area contributed by atoms with Crippen molar-refractivity contribution in [2.24, 2.45) is 5.41 Å². The Morgan fingerprint density at radius 1 is 1.19 bits per heavy atom. The molecule has 1 saturated heterocycles. The van der Waals surface area contributed by atoms with Crippen molar-refractivity contribution in [3.8, 4) is 5.75 Å². The smallest absolute Gasteiger partial charge is 0.490 e. The van der Waals surface area contributed by atoms with Crippen LogP contribution in [0, 0.1) is 5.41 Å². The van der Waals surface area contributed by atoms with Crippen LogP contribution in [-0.4, -0.2) is 81.4 Å². The minimum absolute atomic E-state index is 0.207. The normalized spacial score (nSPS) is 19.8. The van der Waals surface area contributed by atoms with Gasteiger partial charge in [-0.15, -0.1) is 0 Å². The molecule has 3 heterocycles. The predicted octanol–water partition coefficient (Wildman–Crippen LogP) is 3.22. The lowest BCUT2D eigenvalue weighted by Gasteiger charge is -2.45. The van der Waals surface area contributed by atoms with Crippen molar-refractivity contribution >= 4 is 16.0 Å². The Morgan fingerprint density at radius 2 is 1.86 bits per heavy atom. The van der Waals surface area contributed by atoms with Crippen LogP contribution in [0.1, 0.15) is 18.4 Å². The van der Waals surface area contributed by atoms with Gasteiger partial charge in [-0.05, 0) is 44.1 Å². The molecular formula is C23H29F3N2O7S. The predicted molar refractivity (Wildman–Crippen MR) is 122 cm³/mol. The third-order valence-corrected chi connectivity index (χ3v) is 8.09. The molecule has 0 bridgehead atoms. The largest absolute Gasteiger partial charge is 0.492 e. The number of para-hydroxylation sites is 1. The van der Waals surface area contributed by atoms with E-state index in [4.69, 9.17) is 23.8 Å². The van der Waals surface area contributed by atoms with Crippen LogP contribution >= 0.6 is 0 Å². The zero-order valence-corrected chi connectivity index (χ0v) is 20.6. The van der Waals surface area contributed by atoms with E-state index in [1.165, 1.54) is 0 Å². The van der Waals surface area contributed by atoms with E-state index in [0.29, 0.717) is 32.1 Å². The van der Waals surface area contributed by atoms with Crippen LogP contribution in [0.3, 0.4) is 0 Å². The van der Waals surface area contributed by atoms with E-state index in [-0.39, 0.29) is 10.3 Å². The van der Waals surface area contributed by atoms with E-state index < -0.39 is 22.2 Å². The minimum Gasteiger partial charge on any atom is -0.492 e. The third kappa shape index (κ3) is 6.99. The first-order valence-corrected chi connectivity index (χ1v) is 12.7. The van der Waals surface area contributed by atoms with Crippen molar-refractivity contribution in [2.75, 3.05) is 46.5 Å². The number of aliphatic carboxylic acids is 1. The molecule has 1 aromatic heterocycles. The van der Waals surface area contributed by atoms with Gasteiger partial charge in [-0.1, -0.05) is 12.1 Å². The fourth-order valence-corrected chi connectivity index (χ4v) is 5.85. The van der Waals surface area contributed by atoms with Crippen molar-refractivity contribution in [2.45, 2.75) is 30.5 Å². The SMILES string of the molecule is COCCN1CC2(CCN(Cc3ccoc3)CC2)COc2ccccc2S1(=O)=O.O=C(O)C(F)(F)F. The van der Waals surface area contributed by atoms with E-state index in [0.717, 1.165) is 38.0 Å². The van der Waals surface area contributed by atoms with Crippen LogP contribution in [-0.2, 0) is 26.1 Å². The maximum atomic E-state index is 13.4. The highest BCUT2D eigenvalue weighted by molar-refractivity contribution is 7.89. The number of carboxylic acid groups (broad SMARTS) is 1. The molecule has 0 atom stereocenters. The van der Waals surface area contributed by atoms with Crippen molar-refractivity contribution in [3.63, 3.8) is 0 Å². The molecule has 0 unspecified atom stereocenters. The number of sulfonamides is 1. The molecule has 1 aromatic carbocycles. The van der Waals surface area contributed by atoms with Crippen molar-refractivity contribution in [3.05, 3.63) is 48.4 Å². The Balaban J connectivity index is 0.000000454. The lowest BCUT2D eigenvalue weighted by atomic mass is 9.78. The number of hydrogen-bond donors (Lipinski definition) is 1. The summed E-state index contributed by atoms with van der Waals surface area (Å²) in [7, 11) is -2.05. The quantitative estimate of drug-likeness (QED) is 0.623. The summed E-state index contributed by atoms with van der Waals surface area (Å²) in [5.74, 6) is -2.32. The standard InChI is InChI=1S/C21H28N2O5S.C2HF3O2/c1-26-13-11-23-16-21(7-9-22(10-8-21)14-18-6-12-27-15-18)17-28-19-4-2-3-5-20(19)29(23,24)25;3-2(4,5)1(6)7/h2-6,12,15H,7-11,13-14,16-17H2,1H3;(H,6,7). The average Bonchev–Trinajstić information content (AvgIpc) is 3.34. The molecular weight excluding hydrogens is 505 g/mol. The topological polar surface area (TPSA) is 110 Å². The monoisotopic (exact) mass is 534 g/mol. The van der Waals surface area contributed by atoms with Gasteiger partial charge in [0.05, 0.1) is 25.7 Å². The number of furan rings is 1. The molecule has 2 aliphatic heterocycles. The van der Waals surface area contributed by atoms with Crippen LogP contribution in [0.2, 0.25) is 0 Å². The van der Waals surface area contributed by atoms with Gasteiger partial charge in [0.1, 0.15) is 10.6 Å². The number of alkyl halides is 3. The van der Waals surface area contributed by atoms with Gasteiger partial charge in [-0.2, -0.15) is 17.5 Å². The Labute approximate surface area is 207 Å². The van der Waals surface area contributed by atoms with Crippen LogP contribution in [0.15, 0.2) is 52.2 Å². The second kappa shape index (κ2) is 11.6. The van der Waals surface area contributed by atoms with E-state index in [9.17, 15) is 21.6 Å². The molecule has 200 valence electrons. The maximum absolute atomic E-state index is 13.4. The van der Waals surface area contributed by atoms with Gasteiger partial charge in [-0.25, -0.2) is 13.2 Å². The van der Waals surface area contributed by atoms with Crippen LogP contribution in [0.25, 0.3) is 0 Å². The lowest BCUT2D eigenvalue weighted by molar-refractivity contribution is -0.192. The van der Waals surface area contributed by atoms with Crippen LogP contribution in [0.4, 0.5) is 13.2 Å². The molecule has 36 heavy (non-hydrogen) atoms. The first kappa shape index (κ1) is 28.0. The lowest BCUT2D eigenvalue weighted by Crippen LogP contribution is -2.51. The molecule has 1 N–H and O–H groups in total. The number of piperidine rings is 1. The van der Waals surface area contributed by atoms with Crippen molar-refractivity contribution in [1.82, 2.24) is 9.21 Å². The Kier molecular flexibility index (Phi) is 9.03. The third-order valence-electron chi connectivity index (χ3n) is 6.20. The fraction of sp³-hybridized carbons (Fsp3) is 0.522. The fourth-order valence-electron chi connectivity index (χ4n) is 4.18. The summed E-state index contributed by atoms with van der Waals surface area (Å²) < 4.78 is 76.5. The summed E-state index contributed by atoms with van der Waals surface area (Å²) in [4.78, 5) is 11.5. The summed E-state index contributed by atoms with van der Waals surface area (Å²) in [5, 5.41) is 7.12. The molecule has 13 heteroatoms. The Morgan fingerprint density at radius 3 is 2.44 bits per heavy atom. The molecule has 2 aromatic rings. The number of fused-ring (bicyclic) bond motifs is 1. The summed E-state index contributed by atoms with van der Waals surface area (Å²) >= 11 is 0. The highest BCUT2D eigenvalue weighted by Crippen LogP contribution is 2.39. The summed E-state index contributed by atoms with van der Waals surface area (Å²) in [6.07, 6.45) is 0.150. The average molecular weight is 535 g/mol. The summed E-state index contributed by atoms with van der Waals surface area (Å²) in [5.41, 5.74) is 0.953. The number of rotatable bonds is 5. The number of carbonyl (C=O) groups is 1. The van der Waals surface area contributed by atoms with E-state index in [2.05, 4.69) is 4.90 Å². The first-order valence-electron chi connectivity index (χ1n) is 11.2. The summed E-state index contributed by atoms with van der Waals surface area (Å²) in [6, 6.07) is 8.90. The van der Waals surface area contributed by atoms with Gasteiger partial charge in [0.2, 0.25) is 10.0 Å². The van der Waals surface area contributed by atoms with Gasteiger partial charge in [-0.3, -0.25) is 4.90 Å². The molecule has 1 fully saturated rings. The Hall–Kier alpha value is -2.61. The second-order valence-corrected chi connectivity index (χ2v) is 10.7. The van der Waals surface area contributed by atoms with Crippen molar-refractivity contribution in [1.29, 1.82) is 0 Å². The van der Waals surface area contributed by atoms with Crippen LogP contribution < -0.4 is 4.74 Å². The number of carboxylic acids is 1. The number of likely N-dealkylation sites (tertiary alicyclic amines) is 1. The minimum atomic E-state index is -5.08. The molecule has 0 aliphatic carbocycles. The molecule has 4 rings (SSSR count). The molecule has 0 saturated carbocycles. The molecule has 0 radical (unpaired) electrons. The van der Waals surface area contributed by atoms with Gasteiger partial charge in [0, 0.05) is 37.7 Å². The molecule has 9 nitrogen and oxygen atoms in total. The Bertz CT molecular complexity index is 1100. The zero-order chi connectivity index (χ0) is 26.4. The van der Waals surface area contributed by atoms with E-state index in [1.807, 2.05) is 12.1 Å². The number of methoxy groups -OCH3 is 1. The van der Waals surface area contributed by atoms with Gasteiger partial charge in [0.25, 0.3) is 0 Å². The number of benzene rings is 1. The molecule has 2 aliphatic rings. The van der Waals surface area contributed by atoms with Gasteiger partial charge < -0.3 is 19.0 Å². The van der Waals surface area contributed by atoms with Crippen LogP contribution in [0.5, 0.6) is 5.75 Å². The highest BCUT2D eigenvalue weighted by Gasteiger charge is 2.42. The first-order chi connectivity index (χ1) is 17.0. The van der Waals surface area contributed by atoms with Gasteiger partial charge >= 0.3 is 12.1 Å². The zero-order valence-electron chi connectivity index (χ0n) is 19.7. The molecule has 1 spiro atoms. The maximum Gasteiger partial charge on any atom is 0.490 e. The number of ether oxygens (including phenoxy) is 2. The van der Waals surface area contributed by atoms with Crippen molar-refractivity contribution < 1.29 is 45.4 Å². The number of nitrogens with zero attached hydrogens (tertiary/aromatic N) is 2. The summed E-state index contributed by atoms with van der Waals surface area (Å²) in [6.45, 7) is 4.32. The van der Waals surface area contributed by atoms with E-state index >= 15 is 0 Å². The van der Waals surface area contributed by atoms with E-state index in [1.54, 1.807) is 42.1 Å². The molecule has 0 amide bonds. The van der Waals surface area contributed by atoms with Gasteiger partial charge in [0.15, 0.2) is 0 Å². The second-order valence-electron chi connectivity index (χ2n) is 8.78.